The largest absolute Gasteiger partial charge is 0.506 e. The highest BCUT2D eigenvalue weighted by atomic mass is 35.5. The molecule has 1 aromatic heterocycles. The van der Waals surface area contributed by atoms with Crippen molar-refractivity contribution in [2.75, 3.05) is 0 Å². The summed E-state index contributed by atoms with van der Waals surface area (Å²) in [5, 5.41) is 19.2. The summed E-state index contributed by atoms with van der Waals surface area (Å²) in [5.74, 6) is -1.12. The fraction of sp³-hybridized carbons (Fsp3) is 0.100. The lowest BCUT2D eigenvalue weighted by Crippen LogP contribution is -2.03. The second kappa shape index (κ2) is 3.17. The molecule has 4 nitrogen and oxygen atoms in total. The normalized spacial score (nSPS) is 10.8. The maximum atomic E-state index is 10.9. The third kappa shape index (κ3) is 1.34. The van der Waals surface area contributed by atoms with Gasteiger partial charge in [0, 0.05) is 12.4 Å². The van der Waals surface area contributed by atoms with Gasteiger partial charge in [0.05, 0.1) is 10.5 Å². The van der Waals surface area contributed by atoms with Crippen molar-refractivity contribution in [2.24, 2.45) is 7.05 Å². The van der Waals surface area contributed by atoms with E-state index < -0.39 is 5.97 Å². The lowest BCUT2D eigenvalue weighted by atomic mass is 10.2. The molecule has 1 aromatic carbocycles. The molecule has 0 amide bonds. The van der Waals surface area contributed by atoms with Crippen molar-refractivity contribution >= 4 is 28.5 Å². The molecule has 0 spiro atoms. The molecule has 78 valence electrons. The van der Waals surface area contributed by atoms with Crippen LogP contribution in [0.3, 0.4) is 0 Å². The number of aromatic nitrogens is 1. The Bertz CT molecular complexity index is 559. The lowest BCUT2D eigenvalue weighted by molar-refractivity contribution is 0.0687. The summed E-state index contributed by atoms with van der Waals surface area (Å²) in [4.78, 5) is 10.9. The number of carboxylic acid groups (broad SMARTS) is 1. The van der Waals surface area contributed by atoms with Gasteiger partial charge in [0.15, 0.2) is 0 Å². The average Bonchev–Trinajstić information content (AvgIpc) is 2.51. The molecule has 15 heavy (non-hydrogen) atoms. The zero-order chi connectivity index (χ0) is 11.2. The van der Waals surface area contributed by atoms with E-state index in [1.54, 1.807) is 13.1 Å². The highest BCUT2D eigenvalue weighted by molar-refractivity contribution is 6.33. The molecule has 0 aliphatic rings. The Kier molecular flexibility index (Phi) is 2.08. The third-order valence-corrected chi connectivity index (χ3v) is 2.67. The molecule has 0 atom stereocenters. The van der Waals surface area contributed by atoms with E-state index in [4.69, 9.17) is 16.7 Å². The number of rotatable bonds is 1. The first kappa shape index (κ1) is 9.86. The number of aryl methyl sites for hydroxylation is 1. The minimum atomic E-state index is -1.04. The van der Waals surface area contributed by atoms with Crippen LogP contribution in [0, 0.1) is 0 Å². The Morgan fingerprint density at radius 2 is 2.13 bits per heavy atom. The van der Waals surface area contributed by atoms with E-state index in [0.29, 0.717) is 10.9 Å². The number of hydrogen-bond donors (Lipinski definition) is 2. The van der Waals surface area contributed by atoms with Crippen molar-refractivity contribution in [3.63, 3.8) is 0 Å². The van der Waals surface area contributed by atoms with Gasteiger partial charge < -0.3 is 14.8 Å². The first-order valence-corrected chi connectivity index (χ1v) is 4.60. The van der Waals surface area contributed by atoms with E-state index in [-0.39, 0.29) is 16.5 Å². The Labute approximate surface area is 90.3 Å². The van der Waals surface area contributed by atoms with E-state index in [9.17, 15) is 9.90 Å². The number of phenolic OH excluding ortho intramolecular Hbond substituents is 1. The van der Waals surface area contributed by atoms with Crippen LogP contribution < -0.4 is 0 Å². The topological polar surface area (TPSA) is 62.5 Å². The predicted molar refractivity (Wildman–Crippen MR) is 56.6 cm³/mol. The number of fused-ring (bicyclic) bond motifs is 1. The summed E-state index contributed by atoms with van der Waals surface area (Å²) in [6.45, 7) is 0. The van der Waals surface area contributed by atoms with Gasteiger partial charge in [-0.05, 0) is 18.2 Å². The first-order valence-electron chi connectivity index (χ1n) is 4.22. The fourth-order valence-corrected chi connectivity index (χ4v) is 1.74. The van der Waals surface area contributed by atoms with Crippen LogP contribution >= 0.6 is 11.6 Å². The quantitative estimate of drug-likeness (QED) is 0.782. The van der Waals surface area contributed by atoms with Gasteiger partial charge in [0.1, 0.15) is 11.4 Å². The molecule has 5 heteroatoms. The highest BCUT2D eigenvalue weighted by Gasteiger charge is 2.15. The molecule has 0 aliphatic heterocycles. The lowest BCUT2D eigenvalue weighted by Gasteiger charge is -2.00. The second-order valence-corrected chi connectivity index (χ2v) is 3.63. The van der Waals surface area contributed by atoms with Crippen LogP contribution in [-0.2, 0) is 7.05 Å². The number of aromatic carboxylic acids is 1. The molecule has 0 aliphatic carbocycles. The second-order valence-electron chi connectivity index (χ2n) is 3.22. The van der Waals surface area contributed by atoms with Crippen LogP contribution in [0.4, 0.5) is 0 Å². The molecular formula is C10H8ClNO3. The summed E-state index contributed by atoms with van der Waals surface area (Å²) >= 11 is 5.72. The van der Waals surface area contributed by atoms with Gasteiger partial charge in [0.2, 0.25) is 0 Å². The summed E-state index contributed by atoms with van der Waals surface area (Å²) < 4.78 is 1.49. The van der Waals surface area contributed by atoms with Gasteiger partial charge in [-0.1, -0.05) is 11.6 Å². The standard InChI is InChI=1S/C10H8ClNO3/c1-12-7-3-2-6(11)9(13)5(7)4-8(12)10(14)15/h2-4,13H,1H3,(H,14,15). The van der Waals surface area contributed by atoms with Gasteiger partial charge in [0.25, 0.3) is 0 Å². The smallest absolute Gasteiger partial charge is 0.352 e. The van der Waals surface area contributed by atoms with Crippen molar-refractivity contribution in [3.05, 3.63) is 28.9 Å². The number of carboxylic acids is 1. The van der Waals surface area contributed by atoms with Gasteiger partial charge in [-0.25, -0.2) is 4.79 Å². The summed E-state index contributed by atoms with van der Waals surface area (Å²) in [5.41, 5.74) is 0.747. The number of hydrogen-bond acceptors (Lipinski definition) is 2. The van der Waals surface area contributed by atoms with Crippen molar-refractivity contribution < 1.29 is 15.0 Å². The number of halogens is 1. The Morgan fingerprint density at radius 3 is 2.73 bits per heavy atom. The molecule has 2 aromatic rings. The van der Waals surface area contributed by atoms with Crippen molar-refractivity contribution in [3.8, 4) is 5.75 Å². The number of phenols is 1. The van der Waals surface area contributed by atoms with E-state index >= 15 is 0 Å². The minimum absolute atomic E-state index is 0.0859. The molecule has 0 unspecified atom stereocenters. The fourth-order valence-electron chi connectivity index (χ4n) is 1.57. The monoisotopic (exact) mass is 225 g/mol. The summed E-state index contributed by atoms with van der Waals surface area (Å²) in [7, 11) is 1.62. The molecule has 0 bridgehead atoms. The number of aromatic hydroxyl groups is 1. The number of nitrogens with zero attached hydrogens (tertiary/aromatic N) is 1. The zero-order valence-corrected chi connectivity index (χ0v) is 8.62. The van der Waals surface area contributed by atoms with Crippen LogP contribution in [0.25, 0.3) is 10.9 Å². The Hall–Kier alpha value is -1.68. The third-order valence-electron chi connectivity index (χ3n) is 2.37. The van der Waals surface area contributed by atoms with Crippen LogP contribution in [0.5, 0.6) is 5.75 Å². The average molecular weight is 226 g/mol. The molecular weight excluding hydrogens is 218 g/mol. The zero-order valence-electron chi connectivity index (χ0n) is 7.86. The molecule has 2 N–H and O–H groups in total. The first-order chi connectivity index (χ1) is 7.02. The Morgan fingerprint density at radius 1 is 1.47 bits per heavy atom. The van der Waals surface area contributed by atoms with Crippen LogP contribution in [-0.4, -0.2) is 20.7 Å². The van der Waals surface area contributed by atoms with Gasteiger partial charge >= 0.3 is 5.97 Å². The van der Waals surface area contributed by atoms with Crippen LogP contribution in [0.15, 0.2) is 18.2 Å². The SMILES string of the molecule is Cn1c(C(=O)O)cc2c(O)c(Cl)ccc21. The number of benzene rings is 1. The molecule has 0 fully saturated rings. The van der Waals surface area contributed by atoms with E-state index in [0.717, 1.165) is 0 Å². The van der Waals surface area contributed by atoms with Gasteiger partial charge in [-0.15, -0.1) is 0 Å². The van der Waals surface area contributed by atoms with E-state index in [1.165, 1.54) is 16.7 Å². The Balaban J connectivity index is 2.88. The van der Waals surface area contributed by atoms with Gasteiger partial charge in [-0.2, -0.15) is 0 Å². The molecule has 1 heterocycles. The summed E-state index contributed by atoms with van der Waals surface area (Å²) in [6.07, 6.45) is 0. The highest BCUT2D eigenvalue weighted by Crippen LogP contribution is 2.33. The van der Waals surface area contributed by atoms with Crippen molar-refractivity contribution in [1.82, 2.24) is 4.57 Å². The molecule has 0 radical (unpaired) electrons. The minimum Gasteiger partial charge on any atom is -0.506 e. The molecule has 0 saturated heterocycles. The van der Waals surface area contributed by atoms with Crippen molar-refractivity contribution in [1.29, 1.82) is 0 Å². The summed E-state index contributed by atoms with van der Waals surface area (Å²) in [6, 6.07) is 4.60. The maximum Gasteiger partial charge on any atom is 0.352 e. The van der Waals surface area contributed by atoms with E-state index in [1.807, 2.05) is 0 Å². The van der Waals surface area contributed by atoms with Gasteiger partial charge in [-0.3, -0.25) is 0 Å². The maximum absolute atomic E-state index is 10.9. The molecule has 0 saturated carbocycles. The van der Waals surface area contributed by atoms with Crippen LogP contribution in [0.2, 0.25) is 5.02 Å². The van der Waals surface area contributed by atoms with Crippen molar-refractivity contribution in [2.45, 2.75) is 0 Å². The number of carbonyl (C=O) groups is 1. The predicted octanol–water partition coefficient (Wildman–Crippen LogP) is 2.24. The van der Waals surface area contributed by atoms with E-state index in [2.05, 4.69) is 0 Å². The van der Waals surface area contributed by atoms with Crippen LogP contribution in [0.1, 0.15) is 10.5 Å². The molecule has 2 rings (SSSR count).